The van der Waals surface area contributed by atoms with Crippen LogP contribution in [0.3, 0.4) is 0 Å². The minimum Gasteiger partial charge on any atom is -0.411 e. The van der Waals surface area contributed by atoms with E-state index in [2.05, 4.69) is 5.16 Å². The van der Waals surface area contributed by atoms with E-state index in [1.165, 1.54) is 6.92 Å². The van der Waals surface area contributed by atoms with Gasteiger partial charge in [-0.1, -0.05) is 0 Å². The number of halogens is 1. The van der Waals surface area contributed by atoms with Crippen molar-refractivity contribution in [2.75, 3.05) is 0 Å². The molecular weight excluding hydrogens is 130 g/mol. The zero-order chi connectivity index (χ0) is 6.57. The summed E-state index contributed by atoms with van der Waals surface area (Å²) in [5.74, 6) is -0.232. The molecule has 4 heteroatoms. The highest BCUT2D eigenvalue weighted by atomic mass is 35.5. The van der Waals surface area contributed by atoms with Crippen LogP contribution in [-0.4, -0.2) is 22.6 Å². The smallest absolute Gasteiger partial charge is 0.153 e. The lowest BCUT2D eigenvalue weighted by molar-refractivity contribution is -0.115. The summed E-state index contributed by atoms with van der Waals surface area (Å²) in [5.41, 5.74) is 0. The molecule has 0 spiro atoms. The van der Waals surface area contributed by atoms with Crippen LogP contribution >= 0.6 is 11.6 Å². The van der Waals surface area contributed by atoms with Crippen molar-refractivity contribution >= 4 is 23.6 Å². The van der Waals surface area contributed by atoms with E-state index in [0.717, 1.165) is 6.21 Å². The molecule has 0 rings (SSSR count). The van der Waals surface area contributed by atoms with Gasteiger partial charge in [-0.15, -0.1) is 16.8 Å². The van der Waals surface area contributed by atoms with Crippen molar-refractivity contribution in [2.24, 2.45) is 5.16 Å². The van der Waals surface area contributed by atoms with Gasteiger partial charge in [-0.05, 0) is 6.92 Å². The van der Waals surface area contributed by atoms with Gasteiger partial charge >= 0.3 is 0 Å². The average molecular weight is 136 g/mol. The number of oxime groups is 1. The Kier molecular flexibility index (Phi) is 3.19. The number of carbonyl (C=O) groups is 1. The Balaban J connectivity index is 3.64. The summed E-state index contributed by atoms with van der Waals surface area (Å²) < 4.78 is 0. The van der Waals surface area contributed by atoms with Crippen molar-refractivity contribution < 1.29 is 10.0 Å². The molecule has 0 aromatic carbocycles. The molecule has 0 aromatic rings. The van der Waals surface area contributed by atoms with E-state index in [1.807, 2.05) is 0 Å². The number of ketones is 1. The molecule has 0 aromatic heterocycles. The third-order valence-electron chi connectivity index (χ3n) is 0.586. The van der Waals surface area contributed by atoms with Crippen LogP contribution < -0.4 is 0 Å². The maximum atomic E-state index is 10.2. The maximum Gasteiger partial charge on any atom is 0.153 e. The number of alkyl halides is 1. The molecule has 0 saturated heterocycles. The molecule has 0 aliphatic rings. The Hall–Kier alpha value is -0.570. The molecule has 0 heterocycles. The minimum absolute atomic E-state index is 0.232. The first-order valence-electron chi connectivity index (χ1n) is 2.00. The van der Waals surface area contributed by atoms with Crippen molar-refractivity contribution in [3.8, 4) is 0 Å². The van der Waals surface area contributed by atoms with E-state index < -0.39 is 5.38 Å². The Morgan fingerprint density at radius 3 is 2.62 bits per heavy atom. The van der Waals surface area contributed by atoms with Crippen LogP contribution in [0.15, 0.2) is 5.16 Å². The predicted molar refractivity (Wildman–Crippen MR) is 30.6 cm³/mol. The average Bonchev–Trinajstić information content (AvgIpc) is 1.67. The van der Waals surface area contributed by atoms with Gasteiger partial charge in [0.05, 0.1) is 6.21 Å². The van der Waals surface area contributed by atoms with Crippen molar-refractivity contribution in [2.45, 2.75) is 12.3 Å². The van der Waals surface area contributed by atoms with Crippen molar-refractivity contribution in [3.63, 3.8) is 0 Å². The molecule has 0 radical (unpaired) electrons. The minimum atomic E-state index is -0.792. The second kappa shape index (κ2) is 3.43. The van der Waals surface area contributed by atoms with Crippen LogP contribution in [0.4, 0.5) is 0 Å². The lowest BCUT2D eigenvalue weighted by Crippen LogP contribution is -2.10. The molecule has 0 aliphatic carbocycles. The van der Waals surface area contributed by atoms with Gasteiger partial charge in [0.25, 0.3) is 0 Å². The lowest BCUT2D eigenvalue weighted by Gasteiger charge is -1.90. The van der Waals surface area contributed by atoms with Gasteiger partial charge in [-0.25, -0.2) is 0 Å². The lowest BCUT2D eigenvalue weighted by atomic mass is 10.3. The van der Waals surface area contributed by atoms with Crippen molar-refractivity contribution in [1.29, 1.82) is 0 Å². The predicted octanol–water partition coefficient (Wildman–Crippen LogP) is 0.643. The second-order valence-corrected chi connectivity index (χ2v) is 1.75. The Morgan fingerprint density at radius 2 is 2.50 bits per heavy atom. The molecule has 1 N–H and O–H groups in total. The van der Waals surface area contributed by atoms with Crippen LogP contribution in [0.2, 0.25) is 0 Å². The monoisotopic (exact) mass is 135 g/mol. The third-order valence-corrected chi connectivity index (χ3v) is 1.01. The van der Waals surface area contributed by atoms with Crippen LogP contribution in [0, 0.1) is 0 Å². The van der Waals surface area contributed by atoms with Crippen LogP contribution in [0.25, 0.3) is 0 Å². The zero-order valence-corrected chi connectivity index (χ0v) is 5.09. The summed E-state index contributed by atoms with van der Waals surface area (Å²) in [6, 6.07) is 0. The summed E-state index contributed by atoms with van der Waals surface area (Å²) in [4.78, 5) is 10.2. The van der Waals surface area contributed by atoms with Crippen molar-refractivity contribution in [3.05, 3.63) is 0 Å². The molecule has 0 aliphatic heterocycles. The van der Waals surface area contributed by atoms with E-state index in [1.54, 1.807) is 0 Å². The highest BCUT2D eigenvalue weighted by Gasteiger charge is 2.04. The summed E-state index contributed by atoms with van der Waals surface area (Å²) in [6.45, 7) is 1.32. The van der Waals surface area contributed by atoms with Gasteiger partial charge in [-0.2, -0.15) is 0 Å². The van der Waals surface area contributed by atoms with Gasteiger partial charge in [0.2, 0.25) is 0 Å². The number of nitrogens with zero attached hydrogens (tertiary/aromatic N) is 1. The number of Topliss-reactive ketones (excluding diaryl/α,β-unsaturated/α-hetero) is 1. The standard InChI is InChI=1S/C4H6ClNO2/c1-3(7)4(5)2-6-8/h2,4,8H,1H3. The molecule has 3 nitrogen and oxygen atoms in total. The third kappa shape index (κ3) is 2.58. The zero-order valence-electron chi connectivity index (χ0n) is 4.34. The maximum absolute atomic E-state index is 10.2. The first-order valence-corrected chi connectivity index (χ1v) is 2.44. The molecule has 0 bridgehead atoms. The molecule has 0 amide bonds. The second-order valence-electron chi connectivity index (χ2n) is 1.28. The summed E-state index contributed by atoms with van der Waals surface area (Å²) in [5, 5.41) is 9.61. The Morgan fingerprint density at radius 1 is 2.00 bits per heavy atom. The fourth-order valence-electron chi connectivity index (χ4n) is 0.163. The Labute approximate surface area is 51.9 Å². The van der Waals surface area contributed by atoms with Crippen LogP contribution in [0.1, 0.15) is 6.92 Å². The van der Waals surface area contributed by atoms with E-state index in [-0.39, 0.29) is 5.78 Å². The molecule has 1 atom stereocenters. The summed E-state index contributed by atoms with van der Waals surface area (Å²) >= 11 is 5.26. The molecule has 8 heavy (non-hydrogen) atoms. The normalized spacial score (nSPS) is 14.2. The van der Waals surface area contributed by atoms with Gasteiger partial charge in [0.1, 0.15) is 5.38 Å². The van der Waals surface area contributed by atoms with Crippen molar-refractivity contribution in [1.82, 2.24) is 0 Å². The van der Waals surface area contributed by atoms with Gasteiger partial charge < -0.3 is 5.21 Å². The number of carbonyl (C=O) groups excluding carboxylic acids is 1. The molecule has 0 saturated carbocycles. The number of hydrogen-bond donors (Lipinski definition) is 1. The topological polar surface area (TPSA) is 49.7 Å². The van der Waals surface area contributed by atoms with Crippen LogP contribution in [0.5, 0.6) is 0 Å². The summed E-state index contributed by atoms with van der Waals surface area (Å²) in [6.07, 6.45) is 0.962. The highest BCUT2D eigenvalue weighted by molar-refractivity contribution is 6.39. The number of rotatable bonds is 2. The highest BCUT2D eigenvalue weighted by Crippen LogP contribution is 1.91. The van der Waals surface area contributed by atoms with Gasteiger partial charge in [0, 0.05) is 0 Å². The van der Waals surface area contributed by atoms with E-state index in [4.69, 9.17) is 16.8 Å². The van der Waals surface area contributed by atoms with E-state index >= 15 is 0 Å². The number of hydrogen-bond acceptors (Lipinski definition) is 3. The van der Waals surface area contributed by atoms with E-state index in [9.17, 15) is 4.79 Å². The van der Waals surface area contributed by atoms with E-state index in [0.29, 0.717) is 0 Å². The molecule has 1 unspecified atom stereocenters. The summed E-state index contributed by atoms with van der Waals surface area (Å²) in [7, 11) is 0. The molecule has 46 valence electrons. The van der Waals surface area contributed by atoms with Gasteiger partial charge in [-0.3, -0.25) is 4.79 Å². The quantitative estimate of drug-likeness (QED) is 0.262. The molecular formula is C4H6ClNO2. The first kappa shape index (κ1) is 7.43. The van der Waals surface area contributed by atoms with Crippen LogP contribution in [-0.2, 0) is 4.79 Å². The Bertz CT molecular complexity index is 113. The molecule has 0 fully saturated rings. The SMILES string of the molecule is CC(=O)C(Cl)C=NO. The first-order chi connectivity index (χ1) is 3.68. The fourth-order valence-corrected chi connectivity index (χ4v) is 0.214. The van der Waals surface area contributed by atoms with Gasteiger partial charge in [0.15, 0.2) is 5.78 Å². The largest absolute Gasteiger partial charge is 0.411 e. The fraction of sp³-hybridized carbons (Fsp3) is 0.500.